The van der Waals surface area contributed by atoms with Gasteiger partial charge in [-0.1, -0.05) is 22.8 Å². The van der Waals surface area contributed by atoms with E-state index in [0.717, 1.165) is 12.0 Å². The van der Waals surface area contributed by atoms with Crippen LogP contribution in [0, 0.1) is 5.82 Å². The van der Waals surface area contributed by atoms with E-state index < -0.39 is 5.82 Å². The highest BCUT2D eigenvalue weighted by atomic mass is 35.5. The summed E-state index contributed by atoms with van der Waals surface area (Å²) >= 11 is 7.58. The van der Waals surface area contributed by atoms with Crippen molar-refractivity contribution >= 4 is 28.8 Å². The Morgan fingerprint density at radius 1 is 1.42 bits per heavy atom. The van der Waals surface area contributed by atoms with Gasteiger partial charge in [-0.2, -0.15) is 16.3 Å². The van der Waals surface area contributed by atoms with Gasteiger partial charge in [-0.3, -0.25) is 4.79 Å². The standard InChI is InChI=1S/C18H15ClFN3O2S/c19-14-2-1-3-15(20)13(14)8-16(24)23-6-4-11(9-23)17-21-18(25-22-17)12-5-7-26-10-12/h1-3,5,7,10-11H,4,6,8-9H2/t11-/m0/s1. The van der Waals surface area contributed by atoms with Crippen LogP contribution in [0.15, 0.2) is 39.5 Å². The van der Waals surface area contributed by atoms with Gasteiger partial charge in [-0.15, -0.1) is 0 Å². The summed E-state index contributed by atoms with van der Waals surface area (Å²) in [6.45, 7) is 1.07. The normalized spacial score (nSPS) is 17.0. The third-order valence-electron chi connectivity index (χ3n) is 4.51. The molecule has 0 saturated carbocycles. The minimum Gasteiger partial charge on any atom is -0.342 e. The van der Waals surface area contributed by atoms with Gasteiger partial charge in [0, 0.05) is 35.0 Å². The highest BCUT2D eigenvalue weighted by Crippen LogP contribution is 2.29. The number of aromatic nitrogens is 2. The number of halogens is 2. The number of nitrogens with zero attached hydrogens (tertiary/aromatic N) is 3. The van der Waals surface area contributed by atoms with Gasteiger partial charge in [0.05, 0.1) is 12.0 Å². The number of thiophene rings is 1. The number of hydrogen-bond donors (Lipinski definition) is 0. The van der Waals surface area contributed by atoms with Crippen molar-refractivity contribution in [3.63, 3.8) is 0 Å². The molecule has 0 radical (unpaired) electrons. The van der Waals surface area contributed by atoms with E-state index in [1.807, 2.05) is 16.8 Å². The van der Waals surface area contributed by atoms with Gasteiger partial charge in [0.2, 0.25) is 5.91 Å². The van der Waals surface area contributed by atoms with Crippen LogP contribution in [0.4, 0.5) is 4.39 Å². The summed E-state index contributed by atoms with van der Waals surface area (Å²) in [6.07, 6.45) is 0.698. The molecule has 5 nitrogen and oxygen atoms in total. The van der Waals surface area contributed by atoms with E-state index >= 15 is 0 Å². The molecule has 3 aromatic rings. The molecular formula is C18H15ClFN3O2S. The molecule has 8 heteroatoms. The third kappa shape index (κ3) is 3.37. The Kier molecular flexibility index (Phi) is 4.74. The summed E-state index contributed by atoms with van der Waals surface area (Å²) in [4.78, 5) is 18.7. The topological polar surface area (TPSA) is 59.2 Å². The zero-order chi connectivity index (χ0) is 18.1. The summed E-state index contributed by atoms with van der Waals surface area (Å²) in [7, 11) is 0. The van der Waals surface area contributed by atoms with E-state index in [1.54, 1.807) is 22.3 Å². The lowest BCUT2D eigenvalue weighted by atomic mass is 10.1. The number of carbonyl (C=O) groups excluding carboxylic acids is 1. The fourth-order valence-electron chi connectivity index (χ4n) is 3.07. The average molecular weight is 392 g/mol. The Morgan fingerprint density at radius 2 is 2.31 bits per heavy atom. The summed E-state index contributed by atoms with van der Waals surface area (Å²) in [5.74, 6) is 0.502. The van der Waals surface area contributed by atoms with E-state index in [2.05, 4.69) is 10.1 Å². The molecule has 1 saturated heterocycles. The second kappa shape index (κ2) is 7.17. The maximum absolute atomic E-state index is 13.9. The van der Waals surface area contributed by atoms with Crippen LogP contribution in [0.3, 0.4) is 0 Å². The molecule has 1 aliphatic heterocycles. The number of rotatable bonds is 4. The van der Waals surface area contributed by atoms with E-state index in [1.165, 1.54) is 12.1 Å². The molecule has 4 rings (SSSR count). The molecule has 134 valence electrons. The zero-order valence-electron chi connectivity index (χ0n) is 13.7. The lowest BCUT2D eigenvalue weighted by Crippen LogP contribution is -2.30. The minimum absolute atomic E-state index is 0.0196. The van der Waals surface area contributed by atoms with E-state index in [-0.39, 0.29) is 28.8 Å². The summed E-state index contributed by atoms with van der Waals surface area (Å²) in [5, 5.41) is 8.22. The van der Waals surface area contributed by atoms with Crippen molar-refractivity contribution in [3.05, 3.63) is 57.3 Å². The molecule has 3 heterocycles. The molecule has 1 fully saturated rings. The highest BCUT2D eigenvalue weighted by molar-refractivity contribution is 7.08. The lowest BCUT2D eigenvalue weighted by Gasteiger charge is -2.16. The van der Waals surface area contributed by atoms with Crippen LogP contribution < -0.4 is 0 Å². The quantitative estimate of drug-likeness (QED) is 0.670. The molecule has 0 bridgehead atoms. The van der Waals surface area contributed by atoms with Gasteiger partial charge in [-0.05, 0) is 30.0 Å². The van der Waals surface area contributed by atoms with Crippen LogP contribution in [0.5, 0.6) is 0 Å². The van der Waals surface area contributed by atoms with Crippen molar-refractivity contribution < 1.29 is 13.7 Å². The maximum atomic E-state index is 13.9. The van der Waals surface area contributed by atoms with E-state index in [4.69, 9.17) is 16.1 Å². The number of benzene rings is 1. The van der Waals surface area contributed by atoms with Gasteiger partial charge in [0.25, 0.3) is 5.89 Å². The van der Waals surface area contributed by atoms with Crippen LogP contribution in [0.1, 0.15) is 23.7 Å². The van der Waals surface area contributed by atoms with Crippen LogP contribution in [-0.4, -0.2) is 34.0 Å². The molecule has 0 N–H and O–H groups in total. The van der Waals surface area contributed by atoms with Crippen LogP contribution in [0.2, 0.25) is 5.02 Å². The Labute approximate surface area is 158 Å². The molecule has 0 aliphatic carbocycles. The van der Waals surface area contributed by atoms with Crippen molar-refractivity contribution in [1.82, 2.24) is 15.0 Å². The molecule has 1 aromatic carbocycles. The molecule has 1 atom stereocenters. The molecule has 1 aliphatic rings. The number of likely N-dealkylation sites (tertiary alicyclic amines) is 1. The molecule has 1 amide bonds. The predicted octanol–water partition coefficient (Wildman–Crippen LogP) is 4.15. The number of hydrogen-bond acceptors (Lipinski definition) is 5. The summed E-state index contributed by atoms with van der Waals surface area (Å²) in [5.41, 5.74) is 1.13. The van der Waals surface area contributed by atoms with E-state index in [0.29, 0.717) is 24.8 Å². The van der Waals surface area contributed by atoms with Crippen molar-refractivity contribution in [1.29, 1.82) is 0 Å². The van der Waals surface area contributed by atoms with Crippen molar-refractivity contribution in [2.75, 3.05) is 13.1 Å². The van der Waals surface area contributed by atoms with Crippen molar-refractivity contribution in [2.24, 2.45) is 0 Å². The largest absolute Gasteiger partial charge is 0.342 e. The Balaban J connectivity index is 1.43. The molecule has 0 spiro atoms. The van der Waals surface area contributed by atoms with E-state index in [9.17, 15) is 9.18 Å². The molecule has 2 aromatic heterocycles. The lowest BCUT2D eigenvalue weighted by molar-refractivity contribution is -0.129. The van der Waals surface area contributed by atoms with Gasteiger partial charge >= 0.3 is 0 Å². The zero-order valence-corrected chi connectivity index (χ0v) is 15.3. The molecule has 0 unspecified atom stereocenters. The fourth-order valence-corrected chi connectivity index (χ4v) is 3.93. The summed E-state index contributed by atoms with van der Waals surface area (Å²) in [6, 6.07) is 6.35. The first-order chi connectivity index (χ1) is 12.6. The van der Waals surface area contributed by atoms with Crippen molar-refractivity contribution in [3.8, 4) is 11.5 Å². The monoisotopic (exact) mass is 391 g/mol. The minimum atomic E-state index is -0.458. The van der Waals surface area contributed by atoms with Gasteiger partial charge in [-0.25, -0.2) is 4.39 Å². The number of carbonyl (C=O) groups is 1. The highest BCUT2D eigenvalue weighted by Gasteiger charge is 2.31. The number of amides is 1. The smallest absolute Gasteiger partial charge is 0.258 e. The SMILES string of the molecule is O=C(Cc1c(F)cccc1Cl)N1CC[C@H](c2noc(-c3ccsc3)n2)C1. The first-order valence-electron chi connectivity index (χ1n) is 8.18. The third-order valence-corrected chi connectivity index (χ3v) is 5.54. The van der Waals surface area contributed by atoms with Crippen LogP contribution in [-0.2, 0) is 11.2 Å². The molecule has 26 heavy (non-hydrogen) atoms. The Morgan fingerprint density at radius 3 is 3.08 bits per heavy atom. The van der Waals surface area contributed by atoms with Gasteiger partial charge < -0.3 is 9.42 Å². The fraction of sp³-hybridized carbons (Fsp3) is 0.278. The first-order valence-corrected chi connectivity index (χ1v) is 9.50. The predicted molar refractivity (Wildman–Crippen MR) is 96.7 cm³/mol. The average Bonchev–Trinajstić information content (AvgIpc) is 3.38. The Hall–Kier alpha value is -2.25. The second-order valence-corrected chi connectivity index (χ2v) is 7.36. The second-order valence-electron chi connectivity index (χ2n) is 6.17. The van der Waals surface area contributed by atoms with Gasteiger partial charge in [0.15, 0.2) is 5.82 Å². The van der Waals surface area contributed by atoms with Crippen molar-refractivity contribution in [2.45, 2.75) is 18.8 Å². The van der Waals surface area contributed by atoms with Crippen LogP contribution >= 0.6 is 22.9 Å². The first kappa shape index (κ1) is 17.2. The summed E-state index contributed by atoms with van der Waals surface area (Å²) < 4.78 is 19.2. The molecular weight excluding hydrogens is 377 g/mol. The Bertz CT molecular complexity index is 908. The van der Waals surface area contributed by atoms with Crippen LogP contribution in [0.25, 0.3) is 11.5 Å². The van der Waals surface area contributed by atoms with Gasteiger partial charge in [0.1, 0.15) is 5.82 Å². The maximum Gasteiger partial charge on any atom is 0.258 e.